The summed E-state index contributed by atoms with van der Waals surface area (Å²) in [5.41, 5.74) is 1.14. The highest BCUT2D eigenvalue weighted by atomic mass is 15.1. The summed E-state index contributed by atoms with van der Waals surface area (Å²) in [6, 6.07) is 2.83. The Morgan fingerprint density at radius 2 is 2.00 bits per heavy atom. The molecule has 0 radical (unpaired) electrons. The van der Waals surface area contributed by atoms with Gasteiger partial charge in [0.1, 0.15) is 12.1 Å². The van der Waals surface area contributed by atoms with Gasteiger partial charge in [-0.25, -0.2) is 9.97 Å². The second kappa shape index (κ2) is 3.44. The van der Waals surface area contributed by atoms with Gasteiger partial charge in [0.05, 0.1) is 0 Å². The van der Waals surface area contributed by atoms with Gasteiger partial charge >= 0.3 is 0 Å². The molecular weight excluding hydrogens is 210 g/mol. The van der Waals surface area contributed by atoms with E-state index >= 15 is 0 Å². The number of anilines is 1. The van der Waals surface area contributed by atoms with Crippen molar-refractivity contribution in [2.75, 3.05) is 5.32 Å². The number of hydrogen-bond acceptors (Lipinski definition) is 3. The van der Waals surface area contributed by atoms with Gasteiger partial charge in [0.2, 0.25) is 0 Å². The summed E-state index contributed by atoms with van der Waals surface area (Å²) in [6.45, 7) is 2.14. The highest BCUT2D eigenvalue weighted by Crippen LogP contribution is 2.66. The fourth-order valence-electron chi connectivity index (χ4n) is 4.36. The molecule has 1 heterocycles. The van der Waals surface area contributed by atoms with E-state index in [1.165, 1.54) is 19.3 Å². The van der Waals surface area contributed by atoms with Crippen molar-refractivity contribution >= 4 is 5.82 Å². The Kier molecular flexibility index (Phi) is 1.99. The predicted octanol–water partition coefficient (Wildman–Crippen LogP) is 2.50. The van der Waals surface area contributed by atoms with Gasteiger partial charge < -0.3 is 5.32 Å². The number of aryl methyl sites for hydroxylation is 1. The lowest BCUT2D eigenvalue weighted by molar-refractivity contribution is 0.456. The summed E-state index contributed by atoms with van der Waals surface area (Å²) in [4.78, 5) is 8.59. The summed E-state index contributed by atoms with van der Waals surface area (Å²) < 4.78 is 0. The number of nitrogens with zero attached hydrogens (tertiary/aromatic N) is 2. The van der Waals surface area contributed by atoms with Gasteiger partial charge in [0, 0.05) is 17.8 Å². The second-order valence-electron chi connectivity index (χ2n) is 5.91. The van der Waals surface area contributed by atoms with E-state index in [1.54, 1.807) is 6.33 Å². The Morgan fingerprint density at radius 3 is 2.71 bits per heavy atom. The molecule has 17 heavy (non-hydrogen) atoms. The Bertz CT molecular complexity index is 429. The van der Waals surface area contributed by atoms with E-state index in [1.807, 2.05) is 0 Å². The third-order valence-electron chi connectivity index (χ3n) is 5.14. The average molecular weight is 229 g/mol. The molecule has 0 spiro atoms. The van der Waals surface area contributed by atoms with E-state index in [0.29, 0.717) is 0 Å². The van der Waals surface area contributed by atoms with Crippen LogP contribution in [-0.4, -0.2) is 16.0 Å². The quantitative estimate of drug-likeness (QED) is 0.865. The van der Waals surface area contributed by atoms with Gasteiger partial charge in [-0.1, -0.05) is 6.92 Å². The molecule has 3 heteroatoms. The predicted molar refractivity (Wildman–Crippen MR) is 66.6 cm³/mol. The van der Waals surface area contributed by atoms with Crippen LogP contribution in [0.4, 0.5) is 5.82 Å². The molecule has 4 rings (SSSR count). The minimum absolute atomic E-state index is 0.723. The van der Waals surface area contributed by atoms with E-state index < -0.39 is 0 Å². The molecule has 3 saturated carbocycles. The highest BCUT2D eigenvalue weighted by Gasteiger charge is 2.65. The lowest BCUT2D eigenvalue weighted by Gasteiger charge is -2.11. The first-order valence-corrected chi connectivity index (χ1v) is 6.94. The molecule has 3 aliphatic carbocycles. The molecule has 1 N–H and O–H groups in total. The maximum Gasteiger partial charge on any atom is 0.129 e. The van der Waals surface area contributed by atoms with Crippen molar-refractivity contribution in [3.05, 3.63) is 18.1 Å². The first-order valence-electron chi connectivity index (χ1n) is 6.94. The number of rotatable bonds is 3. The van der Waals surface area contributed by atoms with Gasteiger partial charge in [-0.15, -0.1) is 0 Å². The van der Waals surface area contributed by atoms with Crippen LogP contribution >= 0.6 is 0 Å². The van der Waals surface area contributed by atoms with E-state index in [9.17, 15) is 0 Å². The van der Waals surface area contributed by atoms with Gasteiger partial charge in [-0.2, -0.15) is 0 Å². The number of aromatic nitrogens is 2. The molecule has 0 amide bonds. The van der Waals surface area contributed by atoms with Crippen LogP contribution in [0.15, 0.2) is 12.4 Å². The Balaban J connectivity index is 1.49. The second-order valence-corrected chi connectivity index (χ2v) is 5.91. The highest BCUT2D eigenvalue weighted by molar-refractivity contribution is 5.40. The third kappa shape index (κ3) is 1.41. The standard InChI is InChI=1S/C14H19N3/c1-2-10-6-11(16-7-15-10)17-14-12-8-3-4-9(5-8)13(12)14/h6-9,12-14H,2-5H2,1H3,(H,15,16,17). The normalized spacial score (nSPS) is 41.4. The zero-order valence-electron chi connectivity index (χ0n) is 10.3. The number of hydrogen-bond donors (Lipinski definition) is 1. The summed E-state index contributed by atoms with van der Waals surface area (Å²) in [7, 11) is 0. The molecule has 90 valence electrons. The van der Waals surface area contributed by atoms with Crippen LogP contribution in [0.5, 0.6) is 0 Å². The SMILES string of the molecule is CCc1cc(NC2C3C4CCC(C4)C23)ncn1. The first-order chi connectivity index (χ1) is 8.36. The van der Waals surface area contributed by atoms with Crippen molar-refractivity contribution in [1.29, 1.82) is 0 Å². The van der Waals surface area contributed by atoms with Gasteiger partial charge in [-0.3, -0.25) is 0 Å². The zero-order chi connectivity index (χ0) is 11.4. The number of fused-ring (bicyclic) bond motifs is 5. The van der Waals surface area contributed by atoms with Crippen LogP contribution in [0.2, 0.25) is 0 Å². The first kappa shape index (κ1) is 9.86. The van der Waals surface area contributed by atoms with Crippen LogP contribution in [0, 0.1) is 23.7 Å². The minimum Gasteiger partial charge on any atom is -0.367 e. The smallest absolute Gasteiger partial charge is 0.129 e. The van der Waals surface area contributed by atoms with Crippen LogP contribution in [0.25, 0.3) is 0 Å². The fourth-order valence-corrected chi connectivity index (χ4v) is 4.36. The van der Waals surface area contributed by atoms with Crippen molar-refractivity contribution in [2.45, 2.75) is 38.6 Å². The molecule has 4 unspecified atom stereocenters. The molecule has 3 nitrogen and oxygen atoms in total. The molecule has 1 aromatic rings. The molecule has 0 aromatic carbocycles. The maximum absolute atomic E-state index is 4.34. The molecule has 3 fully saturated rings. The van der Waals surface area contributed by atoms with E-state index in [4.69, 9.17) is 0 Å². The Hall–Kier alpha value is -1.12. The van der Waals surface area contributed by atoms with Crippen molar-refractivity contribution in [1.82, 2.24) is 9.97 Å². The zero-order valence-corrected chi connectivity index (χ0v) is 10.3. The largest absolute Gasteiger partial charge is 0.367 e. The van der Waals surface area contributed by atoms with Crippen LogP contribution in [0.1, 0.15) is 31.9 Å². The maximum atomic E-state index is 4.34. The molecule has 0 saturated heterocycles. The lowest BCUT2D eigenvalue weighted by Crippen LogP contribution is -2.13. The van der Waals surface area contributed by atoms with Gasteiger partial charge in [0.25, 0.3) is 0 Å². The van der Waals surface area contributed by atoms with E-state index in [0.717, 1.165) is 47.6 Å². The van der Waals surface area contributed by atoms with Gasteiger partial charge in [0.15, 0.2) is 0 Å². The monoisotopic (exact) mass is 229 g/mol. The molecule has 0 aliphatic heterocycles. The van der Waals surface area contributed by atoms with Crippen LogP contribution in [0.3, 0.4) is 0 Å². The summed E-state index contributed by atoms with van der Waals surface area (Å²) in [6.07, 6.45) is 7.15. The molecule has 1 aromatic heterocycles. The average Bonchev–Trinajstić information content (AvgIpc) is 2.76. The van der Waals surface area contributed by atoms with Crippen molar-refractivity contribution in [2.24, 2.45) is 23.7 Å². The Labute approximate surface area is 102 Å². The van der Waals surface area contributed by atoms with Crippen molar-refractivity contribution < 1.29 is 0 Å². The van der Waals surface area contributed by atoms with Crippen LogP contribution in [-0.2, 0) is 6.42 Å². The van der Waals surface area contributed by atoms with Crippen molar-refractivity contribution in [3.8, 4) is 0 Å². The number of nitrogens with one attached hydrogen (secondary N) is 1. The lowest BCUT2D eigenvalue weighted by atomic mass is 10.0. The molecule has 4 atom stereocenters. The third-order valence-corrected chi connectivity index (χ3v) is 5.14. The molecular formula is C14H19N3. The van der Waals surface area contributed by atoms with Crippen LogP contribution < -0.4 is 5.32 Å². The summed E-state index contributed by atoms with van der Waals surface area (Å²) in [5.74, 6) is 5.02. The van der Waals surface area contributed by atoms with Gasteiger partial charge in [-0.05, 0) is 49.4 Å². The Morgan fingerprint density at radius 1 is 1.24 bits per heavy atom. The molecule has 3 aliphatic rings. The summed E-state index contributed by atoms with van der Waals surface area (Å²) >= 11 is 0. The van der Waals surface area contributed by atoms with E-state index in [2.05, 4.69) is 28.3 Å². The minimum atomic E-state index is 0.723. The van der Waals surface area contributed by atoms with Crippen molar-refractivity contribution in [3.63, 3.8) is 0 Å². The fraction of sp³-hybridized carbons (Fsp3) is 0.714. The summed E-state index contributed by atoms with van der Waals surface area (Å²) in [5, 5.41) is 3.64. The van der Waals surface area contributed by atoms with E-state index in [-0.39, 0.29) is 0 Å². The molecule has 2 bridgehead atoms. The topological polar surface area (TPSA) is 37.8 Å².